The zero-order valence-electron chi connectivity index (χ0n) is 17.1. The fourth-order valence-corrected chi connectivity index (χ4v) is 4.04. The van der Waals surface area contributed by atoms with Crippen molar-refractivity contribution < 1.29 is 9.53 Å². The van der Waals surface area contributed by atoms with Crippen LogP contribution in [0.1, 0.15) is 90.0 Å². The van der Waals surface area contributed by atoms with Crippen LogP contribution in [0.15, 0.2) is 24.3 Å². The molecule has 0 N–H and O–H groups in total. The second kappa shape index (κ2) is 11.1. The van der Waals surface area contributed by atoms with Gasteiger partial charge < -0.3 is 4.74 Å². The second-order valence-electron chi connectivity index (χ2n) is 8.15. The van der Waals surface area contributed by atoms with Crippen molar-refractivity contribution in [3.8, 4) is 11.8 Å². The Morgan fingerprint density at radius 1 is 1.07 bits per heavy atom. The monoisotopic (exact) mass is 369 g/mol. The van der Waals surface area contributed by atoms with Gasteiger partial charge in [0.15, 0.2) is 0 Å². The summed E-state index contributed by atoms with van der Waals surface area (Å²) < 4.78 is 5.61. The molecule has 27 heavy (non-hydrogen) atoms. The van der Waals surface area contributed by atoms with Crippen molar-refractivity contribution in [1.29, 1.82) is 5.26 Å². The number of rotatable bonds is 10. The Morgan fingerprint density at radius 2 is 1.70 bits per heavy atom. The summed E-state index contributed by atoms with van der Waals surface area (Å²) in [5.74, 6) is 0.440. The third kappa shape index (κ3) is 6.69. The highest BCUT2D eigenvalue weighted by Crippen LogP contribution is 2.42. The summed E-state index contributed by atoms with van der Waals surface area (Å²) >= 11 is 0. The van der Waals surface area contributed by atoms with Gasteiger partial charge in [0.05, 0.1) is 17.4 Å². The Balaban J connectivity index is 1.81. The summed E-state index contributed by atoms with van der Waals surface area (Å²) in [5, 5.41) is 9.64. The smallest absolute Gasteiger partial charge is 0.314 e. The SMILES string of the molecule is CCCCCc1ccc(OC(=O)C2CCC(C#N)(CCCCC)CC2)cc1. The van der Waals surface area contributed by atoms with Crippen molar-refractivity contribution in [1.82, 2.24) is 0 Å². The van der Waals surface area contributed by atoms with Gasteiger partial charge in [0.2, 0.25) is 0 Å². The minimum Gasteiger partial charge on any atom is -0.426 e. The molecule has 0 unspecified atom stereocenters. The second-order valence-corrected chi connectivity index (χ2v) is 8.15. The van der Waals surface area contributed by atoms with Crippen LogP contribution in [0, 0.1) is 22.7 Å². The van der Waals surface area contributed by atoms with Crippen LogP contribution in [0.2, 0.25) is 0 Å². The lowest BCUT2D eigenvalue weighted by Crippen LogP contribution is -2.31. The lowest BCUT2D eigenvalue weighted by Gasteiger charge is -2.34. The zero-order chi connectivity index (χ0) is 19.5. The van der Waals surface area contributed by atoms with E-state index in [1.165, 1.54) is 37.7 Å². The molecule has 0 atom stereocenters. The maximum atomic E-state index is 12.5. The van der Waals surface area contributed by atoms with Gasteiger partial charge in [-0.25, -0.2) is 0 Å². The average Bonchev–Trinajstić information content (AvgIpc) is 2.70. The number of carbonyl (C=O) groups is 1. The van der Waals surface area contributed by atoms with Crippen LogP contribution in [0.5, 0.6) is 5.75 Å². The third-order valence-electron chi connectivity index (χ3n) is 5.98. The normalized spacial score (nSPS) is 22.2. The molecule has 0 spiro atoms. The summed E-state index contributed by atoms with van der Waals surface area (Å²) in [5.41, 5.74) is 1.08. The molecule has 1 aliphatic rings. The molecular weight excluding hydrogens is 334 g/mol. The maximum Gasteiger partial charge on any atom is 0.314 e. The van der Waals surface area contributed by atoms with E-state index in [4.69, 9.17) is 4.74 Å². The number of esters is 1. The molecule has 1 aromatic carbocycles. The molecular formula is C24H35NO2. The topological polar surface area (TPSA) is 50.1 Å². The highest BCUT2D eigenvalue weighted by atomic mass is 16.5. The Bertz CT molecular complexity index is 606. The molecule has 0 aromatic heterocycles. The lowest BCUT2D eigenvalue weighted by atomic mass is 9.69. The Morgan fingerprint density at radius 3 is 2.30 bits per heavy atom. The first-order chi connectivity index (χ1) is 13.1. The molecule has 1 aromatic rings. The van der Waals surface area contributed by atoms with E-state index in [2.05, 4.69) is 32.0 Å². The average molecular weight is 370 g/mol. The van der Waals surface area contributed by atoms with Crippen molar-refractivity contribution >= 4 is 5.97 Å². The third-order valence-corrected chi connectivity index (χ3v) is 5.98. The number of nitriles is 1. The van der Waals surface area contributed by atoms with Gasteiger partial charge in [-0.1, -0.05) is 58.1 Å². The summed E-state index contributed by atoms with van der Waals surface area (Å²) in [6, 6.07) is 10.5. The summed E-state index contributed by atoms with van der Waals surface area (Å²) in [4.78, 5) is 12.5. The molecule has 3 nitrogen and oxygen atoms in total. The van der Waals surface area contributed by atoms with Gasteiger partial charge in [0, 0.05) is 0 Å². The molecule has 0 aliphatic heterocycles. The van der Waals surface area contributed by atoms with E-state index in [-0.39, 0.29) is 17.3 Å². The minimum absolute atomic E-state index is 0.0677. The van der Waals surface area contributed by atoms with Crippen molar-refractivity contribution in [2.24, 2.45) is 11.3 Å². The Kier molecular flexibility index (Phi) is 8.85. The van der Waals surface area contributed by atoms with E-state index in [1.807, 2.05) is 12.1 Å². The van der Waals surface area contributed by atoms with Crippen molar-refractivity contribution in [2.75, 3.05) is 0 Å². The number of hydrogen-bond acceptors (Lipinski definition) is 3. The van der Waals surface area contributed by atoms with Gasteiger partial charge in [0.1, 0.15) is 5.75 Å². The van der Waals surface area contributed by atoms with Crippen LogP contribution >= 0.6 is 0 Å². The largest absolute Gasteiger partial charge is 0.426 e. The molecule has 1 fully saturated rings. The highest BCUT2D eigenvalue weighted by Gasteiger charge is 2.37. The standard InChI is InChI=1S/C24H35NO2/c1-3-5-7-9-20-10-12-22(13-11-20)27-23(26)21-14-17-24(19-25,18-15-21)16-8-6-4-2/h10-13,21H,3-9,14-18H2,1-2H3. The van der Waals surface area contributed by atoms with Gasteiger partial charge in [-0.05, 0) is 62.6 Å². The molecule has 1 aliphatic carbocycles. The molecule has 0 amide bonds. The number of ether oxygens (including phenoxy) is 1. The fourth-order valence-electron chi connectivity index (χ4n) is 4.04. The molecule has 1 saturated carbocycles. The minimum atomic E-state index is -0.216. The lowest BCUT2D eigenvalue weighted by molar-refractivity contribution is -0.140. The van der Waals surface area contributed by atoms with E-state index in [0.717, 1.165) is 44.9 Å². The summed E-state index contributed by atoms with van der Waals surface area (Å²) in [6.45, 7) is 4.39. The van der Waals surface area contributed by atoms with E-state index in [9.17, 15) is 10.1 Å². The van der Waals surface area contributed by atoms with Crippen LogP contribution < -0.4 is 4.74 Å². The molecule has 3 heteroatoms. The van der Waals surface area contributed by atoms with Crippen LogP contribution in [-0.2, 0) is 11.2 Å². The van der Waals surface area contributed by atoms with Crippen LogP contribution in [0.25, 0.3) is 0 Å². The zero-order valence-corrected chi connectivity index (χ0v) is 17.1. The number of carbonyl (C=O) groups excluding carboxylic acids is 1. The highest BCUT2D eigenvalue weighted by molar-refractivity contribution is 5.75. The van der Waals surface area contributed by atoms with Crippen molar-refractivity contribution in [3.05, 3.63) is 29.8 Å². The molecule has 0 saturated heterocycles. The number of benzene rings is 1. The predicted molar refractivity (Wildman–Crippen MR) is 109 cm³/mol. The first-order valence-corrected chi connectivity index (χ1v) is 10.8. The molecule has 0 radical (unpaired) electrons. The van der Waals surface area contributed by atoms with E-state index in [0.29, 0.717) is 5.75 Å². The van der Waals surface area contributed by atoms with Crippen LogP contribution in [0.4, 0.5) is 0 Å². The molecule has 2 rings (SSSR count). The van der Waals surface area contributed by atoms with Crippen molar-refractivity contribution in [3.63, 3.8) is 0 Å². The first kappa shape index (κ1) is 21.5. The van der Waals surface area contributed by atoms with E-state index < -0.39 is 0 Å². The molecule has 0 bridgehead atoms. The Hall–Kier alpha value is -1.82. The predicted octanol–water partition coefficient (Wildman–Crippen LogP) is 6.61. The number of hydrogen-bond donors (Lipinski definition) is 0. The first-order valence-electron chi connectivity index (χ1n) is 10.8. The van der Waals surface area contributed by atoms with Gasteiger partial charge in [-0.3, -0.25) is 4.79 Å². The quantitative estimate of drug-likeness (QED) is 0.265. The van der Waals surface area contributed by atoms with E-state index in [1.54, 1.807) is 0 Å². The summed E-state index contributed by atoms with van der Waals surface area (Å²) in [7, 11) is 0. The van der Waals surface area contributed by atoms with Gasteiger partial charge in [-0.2, -0.15) is 5.26 Å². The fraction of sp³-hybridized carbons (Fsp3) is 0.667. The number of nitrogens with zero attached hydrogens (tertiary/aromatic N) is 1. The molecule has 0 heterocycles. The van der Waals surface area contributed by atoms with Gasteiger partial charge in [-0.15, -0.1) is 0 Å². The van der Waals surface area contributed by atoms with Crippen LogP contribution in [0.3, 0.4) is 0 Å². The Labute approximate surface area is 165 Å². The van der Waals surface area contributed by atoms with Gasteiger partial charge >= 0.3 is 5.97 Å². The van der Waals surface area contributed by atoms with Gasteiger partial charge in [0.25, 0.3) is 0 Å². The van der Waals surface area contributed by atoms with Crippen LogP contribution in [-0.4, -0.2) is 5.97 Å². The van der Waals surface area contributed by atoms with Crippen molar-refractivity contribution in [2.45, 2.75) is 90.9 Å². The number of unbranched alkanes of at least 4 members (excludes halogenated alkanes) is 4. The molecule has 148 valence electrons. The van der Waals surface area contributed by atoms with E-state index >= 15 is 0 Å². The maximum absolute atomic E-state index is 12.5. The summed E-state index contributed by atoms with van der Waals surface area (Å²) in [6.07, 6.45) is 12.4. The number of aryl methyl sites for hydroxylation is 1.